The fraction of sp³-hybridized carbons (Fsp3) is 0.250. The summed E-state index contributed by atoms with van der Waals surface area (Å²) in [5.74, 6) is -2.20. The number of carboxylic acids is 1. The van der Waals surface area contributed by atoms with E-state index < -0.39 is 35.8 Å². The molecule has 0 bridgehead atoms. The van der Waals surface area contributed by atoms with Crippen molar-refractivity contribution < 1.29 is 24.3 Å². The van der Waals surface area contributed by atoms with E-state index in [-0.39, 0.29) is 6.42 Å². The average molecular weight is 435 g/mol. The number of amides is 3. The third-order valence-electron chi connectivity index (χ3n) is 5.18. The van der Waals surface area contributed by atoms with Crippen molar-refractivity contribution in [3.05, 3.63) is 83.1 Å². The molecule has 8 heteroatoms. The number of urea groups is 1. The molecule has 8 nitrogen and oxygen atoms in total. The van der Waals surface area contributed by atoms with Gasteiger partial charge in [0, 0.05) is 19.3 Å². The maximum atomic E-state index is 12.5. The van der Waals surface area contributed by atoms with E-state index in [2.05, 4.69) is 10.6 Å². The summed E-state index contributed by atoms with van der Waals surface area (Å²) in [5.41, 5.74) is 3.86. The second-order valence-electron chi connectivity index (χ2n) is 7.78. The van der Waals surface area contributed by atoms with E-state index in [0.29, 0.717) is 12.0 Å². The maximum absolute atomic E-state index is 12.5. The van der Waals surface area contributed by atoms with E-state index in [4.69, 9.17) is 0 Å². The number of aliphatic carboxylic acids is 1. The van der Waals surface area contributed by atoms with Crippen LogP contribution in [0.15, 0.2) is 60.8 Å². The minimum Gasteiger partial charge on any atom is -0.481 e. The van der Waals surface area contributed by atoms with Gasteiger partial charge in [0.2, 0.25) is 0 Å². The number of carbonyl (C=O) groups excluding carboxylic acids is 3. The fourth-order valence-electron chi connectivity index (χ4n) is 3.43. The van der Waals surface area contributed by atoms with Crippen molar-refractivity contribution in [2.75, 3.05) is 7.05 Å². The first-order valence-electron chi connectivity index (χ1n) is 10.1. The number of carbonyl (C=O) groups is 4. The predicted molar refractivity (Wildman–Crippen MR) is 118 cm³/mol. The first kappa shape index (κ1) is 22.7. The Kier molecular flexibility index (Phi) is 7.04. The third-order valence-corrected chi connectivity index (χ3v) is 5.18. The Bertz CT molecular complexity index is 1060. The number of aryl methyl sites for hydroxylation is 1. The molecule has 2 aromatic rings. The number of hydrogen-bond acceptors (Lipinski definition) is 4. The molecule has 3 N–H and O–H groups in total. The second-order valence-corrected chi connectivity index (χ2v) is 7.78. The molecule has 3 amide bonds. The predicted octanol–water partition coefficient (Wildman–Crippen LogP) is 2.32. The minimum atomic E-state index is -1.34. The van der Waals surface area contributed by atoms with Gasteiger partial charge in [-0.05, 0) is 30.0 Å². The van der Waals surface area contributed by atoms with Crippen LogP contribution in [0.3, 0.4) is 0 Å². The zero-order chi connectivity index (χ0) is 23.3. The van der Waals surface area contributed by atoms with Crippen LogP contribution in [0.5, 0.6) is 0 Å². The number of nitrogens with one attached hydrogen (secondary N) is 2. The Hall–Kier alpha value is -3.94. The minimum absolute atomic E-state index is 0.353. The highest BCUT2D eigenvalue weighted by atomic mass is 16.4. The highest BCUT2D eigenvalue weighted by Gasteiger charge is 2.32. The summed E-state index contributed by atoms with van der Waals surface area (Å²) in [6, 6.07) is 12.5. The van der Waals surface area contributed by atoms with Gasteiger partial charge in [-0.2, -0.15) is 0 Å². The van der Waals surface area contributed by atoms with Gasteiger partial charge in [-0.1, -0.05) is 54.1 Å². The van der Waals surface area contributed by atoms with Crippen LogP contribution >= 0.6 is 0 Å². The van der Waals surface area contributed by atoms with Crippen LogP contribution in [0.25, 0.3) is 0 Å². The highest BCUT2D eigenvalue weighted by molar-refractivity contribution is 6.14. The maximum Gasteiger partial charge on any atom is 0.316 e. The summed E-state index contributed by atoms with van der Waals surface area (Å²) >= 11 is 0. The molecule has 0 saturated carbocycles. The number of ketones is 1. The summed E-state index contributed by atoms with van der Waals surface area (Å²) in [6.45, 7) is 2.01. The van der Waals surface area contributed by atoms with E-state index >= 15 is 0 Å². The molecule has 0 spiro atoms. The Morgan fingerprint density at radius 1 is 1.09 bits per heavy atom. The summed E-state index contributed by atoms with van der Waals surface area (Å²) in [7, 11) is 1.48. The van der Waals surface area contributed by atoms with Gasteiger partial charge in [-0.3, -0.25) is 14.4 Å². The van der Waals surface area contributed by atoms with Crippen molar-refractivity contribution in [2.45, 2.75) is 31.8 Å². The molecule has 2 aromatic carbocycles. The second kappa shape index (κ2) is 9.91. The van der Waals surface area contributed by atoms with Crippen LogP contribution < -0.4 is 10.6 Å². The lowest BCUT2D eigenvalue weighted by atomic mass is 9.97. The number of rotatable bonds is 7. The number of benzene rings is 2. The van der Waals surface area contributed by atoms with Gasteiger partial charge >= 0.3 is 12.0 Å². The van der Waals surface area contributed by atoms with Gasteiger partial charge in [0.15, 0.2) is 11.8 Å². The Balaban J connectivity index is 1.74. The molecule has 1 aliphatic heterocycles. The molecule has 0 aliphatic carbocycles. The van der Waals surface area contributed by atoms with Gasteiger partial charge in [0.25, 0.3) is 5.91 Å². The fourth-order valence-corrected chi connectivity index (χ4v) is 3.43. The normalized spacial score (nSPS) is 16.6. The molecule has 1 unspecified atom stereocenters. The zero-order valence-corrected chi connectivity index (χ0v) is 17.9. The molecule has 32 heavy (non-hydrogen) atoms. The van der Waals surface area contributed by atoms with Crippen molar-refractivity contribution in [1.29, 1.82) is 0 Å². The molecule has 3 rings (SSSR count). The standard InChI is InChI=1S/C24H25N3O5/c1-15-6-8-16(9-7-15)12-17-4-3-5-18(13-17)19(14-21(29)30)25-24(32)26-22-20(28)10-11-27(2)23(22)31/h3-11,13,19,22H,12,14H2,1-2H3,(H,29,30)(H2,25,26,32)/t19-,22?/m0/s1. The summed E-state index contributed by atoms with van der Waals surface area (Å²) in [4.78, 5) is 49.3. The Labute approximate surface area is 185 Å². The van der Waals surface area contributed by atoms with Crippen LogP contribution in [0, 0.1) is 6.92 Å². The molecular weight excluding hydrogens is 410 g/mol. The lowest BCUT2D eigenvalue weighted by molar-refractivity contribution is -0.138. The van der Waals surface area contributed by atoms with Gasteiger partial charge in [-0.15, -0.1) is 0 Å². The molecule has 0 fully saturated rings. The SMILES string of the molecule is Cc1ccc(Cc2cccc([C@H](CC(=O)O)NC(=O)NC3C(=O)C=CN(C)C3=O)c2)cc1. The van der Waals surface area contributed by atoms with Crippen LogP contribution in [0.2, 0.25) is 0 Å². The van der Waals surface area contributed by atoms with Crippen LogP contribution in [-0.2, 0) is 20.8 Å². The zero-order valence-electron chi connectivity index (χ0n) is 17.9. The van der Waals surface area contributed by atoms with Gasteiger partial charge in [0.05, 0.1) is 12.5 Å². The first-order valence-corrected chi connectivity index (χ1v) is 10.1. The number of carboxylic acid groups (broad SMARTS) is 1. The first-order chi connectivity index (χ1) is 15.2. The molecule has 1 heterocycles. The topological polar surface area (TPSA) is 116 Å². The van der Waals surface area contributed by atoms with Crippen molar-refractivity contribution in [3.8, 4) is 0 Å². The van der Waals surface area contributed by atoms with Gasteiger partial charge in [0.1, 0.15) is 0 Å². The molecule has 1 aliphatic rings. The molecule has 0 saturated heterocycles. The number of nitrogens with zero attached hydrogens (tertiary/aromatic N) is 1. The van der Waals surface area contributed by atoms with Crippen LogP contribution in [0.4, 0.5) is 4.79 Å². The Morgan fingerprint density at radius 2 is 1.81 bits per heavy atom. The van der Waals surface area contributed by atoms with E-state index in [1.807, 2.05) is 43.3 Å². The third kappa shape index (κ3) is 5.81. The largest absolute Gasteiger partial charge is 0.481 e. The van der Waals surface area contributed by atoms with Gasteiger partial charge in [-0.25, -0.2) is 4.79 Å². The summed E-state index contributed by atoms with van der Waals surface area (Å²) in [5, 5.41) is 14.3. The summed E-state index contributed by atoms with van der Waals surface area (Å²) in [6.07, 6.45) is 2.83. The quantitative estimate of drug-likeness (QED) is 0.578. The van der Waals surface area contributed by atoms with Crippen molar-refractivity contribution in [3.63, 3.8) is 0 Å². The van der Waals surface area contributed by atoms with E-state index in [1.54, 1.807) is 12.1 Å². The number of hydrogen-bond donors (Lipinski definition) is 3. The van der Waals surface area contributed by atoms with E-state index in [9.17, 15) is 24.3 Å². The highest BCUT2D eigenvalue weighted by Crippen LogP contribution is 2.20. The smallest absolute Gasteiger partial charge is 0.316 e. The van der Waals surface area contributed by atoms with E-state index in [0.717, 1.165) is 16.7 Å². The lowest BCUT2D eigenvalue weighted by Crippen LogP contribution is -2.55. The monoisotopic (exact) mass is 435 g/mol. The Morgan fingerprint density at radius 3 is 2.50 bits per heavy atom. The number of likely N-dealkylation sites (N-methyl/N-ethyl adjacent to an activating group) is 1. The molecular formula is C24H25N3O5. The summed E-state index contributed by atoms with van der Waals surface area (Å²) < 4.78 is 0. The van der Waals surface area contributed by atoms with Gasteiger partial charge < -0.3 is 20.6 Å². The van der Waals surface area contributed by atoms with Crippen LogP contribution in [-0.4, -0.2) is 46.8 Å². The molecule has 2 atom stereocenters. The van der Waals surface area contributed by atoms with Crippen LogP contribution in [0.1, 0.15) is 34.7 Å². The lowest BCUT2D eigenvalue weighted by Gasteiger charge is -2.25. The average Bonchev–Trinajstić information content (AvgIpc) is 2.75. The molecule has 0 aromatic heterocycles. The van der Waals surface area contributed by atoms with Crippen molar-refractivity contribution >= 4 is 23.7 Å². The van der Waals surface area contributed by atoms with E-state index in [1.165, 1.54) is 24.2 Å². The molecule has 166 valence electrons. The molecule has 0 radical (unpaired) electrons. The van der Waals surface area contributed by atoms with Crippen molar-refractivity contribution in [1.82, 2.24) is 15.5 Å². The van der Waals surface area contributed by atoms with Crippen molar-refractivity contribution in [2.24, 2.45) is 0 Å².